The first-order valence-electron chi connectivity index (χ1n) is 6.15. The average Bonchev–Trinajstić information content (AvgIpc) is 2.84. The number of carboxylic acids is 1. The first-order chi connectivity index (χ1) is 9.09. The number of tetrazole rings is 1. The highest BCUT2D eigenvalue weighted by Gasteiger charge is 2.24. The highest BCUT2D eigenvalue weighted by atomic mass is 16.4. The lowest BCUT2D eigenvalue weighted by atomic mass is 9.92. The molecule has 1 unspecified atom stereocenters. The quantitative estimate of drug-likeness (QED) is 0.882. The molecule has 1 aromatic heterocycles. The molecule has 19 heavy (non-hydrogen) atoms. The standard InChI is InChI=1S/C13H16N4O2/c1-9(2)11(13(18)19)8-12-14-15-16-17(12)10-6-4-3-5-7-10/h3-7,9,11H,8H2,1-2H3,(H,18,19). The van der Waals surface area contributed by atoms with Crippen molar-refractivity contribution >= 4 is 5.97 Å². The lowest BCUT2D eigenvalue weighted by molar-refractivity contribution is -0.143. The van der Waals surface area contributed by atoms with Gasteiger partial charge in [-0.05, 0) is 28.5 Å². The van der Waals surface area contributed by atoms with Crippen molar-refractivity contribution in [3.05, 3.63) is 36.2 Å². The van der Waals surface area contributed by atoms with Gasteiger partial charge in [-0.3, -0.25) is 4.79 Å². The highest BCUT2D eigenvalue weighted by Crippen LogP contribution is 2.17. The summed E-state index contributed by atoms with van der Waals surface area (Å²) in [5.74, 6) is -0.725. The van der Waals surface area contributed by atoms with Gasteiger partial charge in [0, 0.05) is 6.42 Å². The summed E-state index contributed by atoms with van der Waals surface area (Å²) in [4.78, 5) is 11.2. The van der Waals surface area contributed by atoms with E-state index in [4.69, 9.17) is 0 Å². The number of benzene rings is 1. The smallest absolute Gasteiger partial charge is 0.307 e. The van der Waals surface area contributed by atoms with Crippen LogP contribution in [0.5, 0.6) is 0 Å². The predicted molar refractivity (Wildman–Crippen MR) is 68.8 cm³/mol. The molecular formula is C13H16N4O2. The second kappa shape index (κ2) is 5.60. The van der Waals surface area contributed by atoms with E-state index >= 15 is 0 Å². The van der Waals surface area contributed by atoms with E-state index in [1.165, 1.54) is 0 Å². The summed E-state index contributed by atoms with van der Waals surface area (Å²) >= 11 is 0. The van der Waals surface area contributed by atoms with Crippen molar-refractivity contribution in [2.75, 3.05) is 0 Å². The molecule has 0 saturated heterocycles. The van der Waals surface area contributed by atoms with E-state index in [1.807, 2.05) is 44.2 Å². The summed E-state index contributed by atoms with van der Waals surface area (Å²) in [6.07, 6.45) is 0.314. The maximum Gasteiger partial charge on any atom is 0.307 e. The number of hydrogen-bond donors (Lipinski definition) is 1. The third-order valence-electron chi connectivity index (χ3n) is 3.06. The summed E-state index contributed by atoms with van der Waals surface area (Å²) in [6.45, 7) is 3.77. The number of carboxylic acid groups (broad SMARTS) is 1. The Morgan fingerprint density at radius 2 is 2.00 bits per heavy atom. The number of nitrogens with zero attached hydrogens (tertiary/aromatic N) is 4. The van der Waals surface area contributed by atoms with Crippen LogP contribution >= 0.6 is 0 Å². The minimum atomic E-state index is -0.822. The molecule has 0 amide bonds. The molecule has 0 aliphatic rings. The first-order valence-corrected chi connectivity index (χ1v) is 6.15. The molecule has 0 fully saturated rings. The number of para-hydroxylation sites is 1. The summed E-state index contributed by atoms with van der Waals surface area (Å²) in [5, 5.41) is 20.7. The molecular weight excluding hydrogens is 244 g/mol. The minimum absolute atomic E-state index is 0.0263. The van der Waals surface area contributed by atoms with Gasteiger partial charge in [-0.2, -0.15) is 4.68 Å². The molecule has 2 rings (SSSR count). The summed E-state index contributed by atoms with van der Waals surface area (Å²) < 4.78 is 1.58. The fourth-order valence-electron chi connectivity index (χ4n) is 1.91. The molecule has 0 bridgehead atoms. The van der Waals surface area contributed by atoms with Crippen molar-refractivity contribution in [2.24, 2.45) is 11.8 Å². The number of aromatic nitrogens is 4. The third kappa shape index (κ3) is 2.96. The molecule has 1 aromatic carbocycles. The molecule has 0 radical (unpaired) electrons. The van der Waals surface area contributed by atoms with Gasteiger partial charge in [0.25, 0.3) is 0 Å². The van der Waals surface area contributed by atoms with E-state index in [0.717, 1.165) is 5.69 Å². The SMILES string of the molecule is CC(C)C(Cc1nnnn1-c1ccccc1)C(=O)O. The lowest BCUT2D eigenvalue weighted by Gasteiger charge is -2.15. The van der Waals surface area contributed by atoms with Crippen molar-refractivity contribution in [1.29, 1.82) is 0 Å². The van der Waals surface area contributed by atoms with Gasteiger partial charge in [-0.25, -0.2) is 0 Å². The van der Waals surface area contributed by atoms with Crippen molar-refractivity contribution < 1.29 is 9.90 Å². The van der Waals surface area contributed by atoms with Crippen LogP contribution in [0.25, 0.3) is 5.69 Å². The molecule has 6 nitrogen and oxygen atoms in total. The van der Waals surface area contributed by atoms with Crippen LogP contribution in [-0.4, -0.2) is 31.3 Å². The van der Waals surface area contributed by atoms with Crippen LogP contribution in [0.1, 0.15) is 19.7 Å². The van der Waals surface area contributed by atoms with Crippen LogP contribution in [0.3, 0.4) is 0 Å². The summed E-state index contributed by atoms with van der Waals surface area (Å²) in [6, 6.07) is 9.44. The zero-order valence-electron chi connectivity index (χ0n) is 10.9. The van der Waals surface area contributed by atoms with Crippen molar-refractivity contribution in [1.82, 2.24) is 20.2 Å². The lowest BCUT2D eigenvalue weighted by Crippen LogP contribution is -2.23. The second-order valence-corrected chi connectivity index (χ2v) is 4.74. The van der Waals surface area contributed by atoms with Crippen molar-refractivity contribution in [3.8, 4) is 5.69 Å². The molecule has 0 aliphatic carbocycles. The van der Waals surface area contributed by atoms with Crippen molar-refractivity contribution in [3.63, 3.8) is 0 Å². The van der Waals surface area contributed by atoms with Gasteiger partial charge in [-0.1, -0.05) is 32.0 Å². The molecule has 100 valence electrons. The topological polar surface area (TPSA) is 80.9 Å². The molecule has 0 spiro atoms. The van der Waals surface area contributed by atoms with Crippen LogP contribution in [0.2, 0.25) is 0 Å². The van der Waals surface area contributed by atoms with E-state index in [-0.39, 0.29) is 5.92 Å². The zero-order valence-corrected chi connectivity index (χ0v) is 10.9. The molecule has 6 heteroatoms. The molecule has 1 atom stereocenters. The van der Waals surface area contributed by atoms with Crippen molar-refractivity contribution in [2.45, 2.75) is 20.3 Å². The second-order valence-electron chi connectivity index (χ2n) is 4.74. The van der Waals surface area contributed by atoms with Crippen LogP contribution < -0.4 is 0 Å². The van der Waals surface area contributed by atoms with Gasteiger partial charge in [0.15, 0.2) is 5.82 Å². The molecule has 1 heterocycles. The van der Waals surface area contributed by atoms with E-state index in [9.17, 15) is 9.90 Å². The fraction of sp³-hybridized carbons (Fsp3) is 0.385. The van der Waals surface area contributed by atoms with E-state index in [1.54, 1.807) is 4.68 Å². The number of rotatable bonds is 5. The van der Waals surface area contributed by atoms with Gasteiger partial charge in [0.05, 0.1) is 11.6 Å². The Hall–Kier alpha value is -2.24. The number of aliphatic carboxylic acids is 1. The molecule has 0 saturated carbocycles. The van der Waals surface area contributed by atoms with Crippen LogP contribution in [0.4, 0.5) is 0 Å². The number of carbonyl (C=O) groups is 1. The monoisotopic (exact) mass is 260 g/mol. The molecule has 1 N–H and O–H groups in total. The van der Waals surface area contributed by atoms with E-state index < -0.39 is 11.9 Å². The maximum atomic E-state index is 11.2. The van der Waals surface area contributed by atoms with Gasteiger partial charge in [0.1, 0.15) is 0 Å². The highest BCUT2D eigenvalue weighted by molar-refractivity contribution is 5.70. The Labute approximate surface area is 111 Å². The van der Waals surface area contributed by atoms with E-state index in [0.29, 0.717) is 12.2 Å². The van der Waals surface area contributed by atoms with Gasteiger partial charge in [0.2, 0.25) is 0 Å². The molecule has 0 aliphatic heterocycles. The average molecular weight is 260 g/mol. The minimum Gasteiger partial charge on any atom is -0.481 e. The maximum absolute atomic E-state index is 11.2. The van der Waals surface area contributed by atoms with Crippen LogP contribution in [0.15, 0.2) is 30.3 Å². The van der Waals surface area contributed by atoms with Gasteiger partial charge in [-0.15, -0.1) is 5.10 Å². The fourth-order valence-corrected chi connectivity index (χ4v) is 1.91. The van der Waals surface area contributed by atoms with Gasteiger partial charge >= 0.3 is 5.97 Å². The van der Waals surface area contributed by atoms with E-state index in [2.05, 4.69) is 15.5 Å². The van der Waals surface area contributed by atoms with Crippen LogP contribution in [-0.2, 0) is 11.2 Å². The Morgan fingerprint density at radius 1 is 1.32 bits per heavy atom. The Balaban J connectivity index is 2.28. The Bertz CT molecular complexity index is 551. The summed E-state index contributed by atoms with van der Waals surface area (Å²) in [7, 11) is 0. The molecule has 2 aromatic rings. The Morgan fingerprint density at radius 3 is 2.58 bits per heavy atom. The van der Waals surface area contributed by atoms with Crippen LogP contribution in [0, 0.1) is 11.8 Å². The zero-order chi connectivity index (χ0) is 13.8. The predicted octanol–water partition coefficient (Wildman–Crippen LogP) is 1.56. The third-order valence-corrected chi connectivity index (χ3v) is 3.06. The summed E-state index contributed by atoms with van der Waals surface area (Å²) in [5.41, 5.74) is 0.829. The normalized spacial score (nSPS) is 12.6. The van der Waals surface area contributed by atoms with Gasteiger partial charge < -0.3 is 5.11 Å². The largest absolute Gasteiger partial charge is 0.481 e. The number of hydrogen-bond acceptors (Lipinski definition) is 4. The Kier molecular flexibility index (Phi) is 3.89. The first kappa shape index (κ1) is 13.2.